The lowest BCUT2D eigenvalue weighted by atomic mass is 10.1. The maximum atomic E-state index is 13.5. The van der Waals surface area contributed by atoms with E-state index < -0.39 is 10.7 Å². The van der Waals surface area contributed by atoms with Gasteiger partial charge in [-0.1, -0.05) is 48.6 Å². The first kappa shape index (κ1) is 22.1. The van der Waals surface area contributed by atoms with Crippen LogP contribution in [-0.4, -0.2) is 15.0 Å². The standard InChI is InChI=1S/C25H19N3O4S/c29-16-17-5-4-14-27(15-17)23(24(30)19-10-12-20(13-11-19)28(31)32)25(33)26-22-9-3-7-18-6-1-2-8-21(18)22/h1-15,29H,16H2,(H-,26,30,33). The molecule has 8 heteroatoms. The van der Waals surface area contributed by atoms with Crippen molar-refractivity contribution in [3.63, 3.8) is 0 Å². The Morgan fingerprint density at radius 2 is 1.73 bits per heavy atom. The number of nitro benzene ring substituents is 1. The molecular weight excluding hydrogens is 438 g/mol. The van der Waals surface area contributed by atoms with Gasteiger partial charge in [-0.05, 0) is 41.0 Å². The number of anilines is 1. The topological polar surface area (TPSA) is 102 Å². The third-order valence-corrected chi connectivity index (χ3v) is 5.41. The van der Waals surface area contributed by atoms with Crippen molar-refractivity contribution >= 4 is 50.8 Å². The highest BCUT2D eigenvalue weighted by atomic mass is 32.1. The predicted octanol–water partition coefficient (Wildman–Crippen LogP) is 3.65. The minimum atomic E-state index is -0.523. The molecule has 0 radical (unpaired) electrons. The van der Waals surface area contributed by atoms with E-state index in [-0.39, 0.29) is 28.5 Å². The highest BCUT2D eigenvalue weighted by Crippen LogP contribution is 2.25. The van der Waals surface area contributed by atoms with Crippen LogP contribution in [0, 0.1) is 10.1 Å². The summed E-state index contributed by atoms with van der Waals surface area (Å²) in [4.78, 5) is 10.6. The number of thiocarbonyl (C=S) groups is 1. The van der Waals surface area contributed by atoms with Crippen LogP contribution in [0.2, 0.25) is 0 Å². The zero-order valence-corrected chi connectivity index (χ0v) is 18.2. The normalized spacial score (nSPS) is 11.7. The second kappa shape index (κ2) is 9.56. The molecule has 0 saturated carbocycles. The van der Waals surface area contributed by atoms with Crippen LogP contribution in [0.25, 0.3) is 22.2 Å². The average Bonchev–Trinajstić information content (AvgIpc) is 2.84. The van der Waals surface area contributed by atoms with Crippen molar-refractivity contribution in [1.29, 1.82) is 0 Å². The molecule has 164 valence electrons. The Morgan fingerprint density at radius 1 is 1.00 bits per heavy atom. The molecular formula is C25H19N3O4S. The zero-order valence-electron chi connectivity index (χ0n) is 17.3. The van der Waals surface area contributed by atoms with Gasteiger partial charge in [-0.2, -0.15) is 4.57 Å². The Labute approximate surface area is 195 Å². The van der Waals surface area contributed by atoms with E-state index in [0.717, 1.165) is 16.5 Å². The number of aliphatic hydroxyl groups is 1. The number of hydrogen-bond donors (Lipinski definition) is 2. The van der Waals surface area contributed by atoms with Crippen molar-refractivity contribution < 1.29 is 19.7 Å². The Hall–Kier alpha value is -4.14. The van der Waals surface area contributed by atoms with Crippen molar-refractivity contribution in [2.75, 3.05) is 5.32 Å². The summed E-state index contributed by atoms with van der Waals surface area (Å²) in [5.74, 6) is -0.414. The largest absolute Gasteiger partial charge is 0.867 e. The van der Waals surface area contributed by atoms with Gasteiger partial charge in [-0.15, -0.1) is 0 Å². The molecule has 2 N–H and O–H groups in total. The van der Waals surface area contributed by atoms with Crippen LogP contribution in [0.3, 0.4) is 0 Å². The van der Waals surface area contributed by atoms with Gasteiger partial charge in [0.15, 0.2) is 17.4 Å². The number of pyridine rings is 1. The van der Waals surface area contributed by atoms with Crippen LogP contribution in [0.1, 0.15) is 11.1 Å². The molecule has 0 aliphatic carbocycles. The number of hydrogen-bond acceptors (Lipinski definition) is 5. The third kappa shape index (κ3) is 4.72. The van der Waals surface area contributed by atoms with Crippen LogP contribution in [0.4, 0.5) is 11.4 Å². The fourth-order valence-corrected chi connectivity index (χ4v) is 3.79. The van der Waals surface area contributed by atoms with Crippen LogP contribution in [-0.2, 0) is 6.61 Å². The summed E-state index contributed by atoms with van der Waals surface area (Å²) in [6.45, 7) is -0.205. The van der Waals surface area contributed by atoms with Crippen LogP contribution in [0.15, 0.2) is 91.3 Å². The van der Waals surface area contributed by atoms with Gasteiger partial charge in [0.05, 0.1) is 11.5 Å². The van der Waals surface area contributed by atoms with Crippen LogP contribution in [0.5, 0.6) is 0 Å². The highest BCUT2D eigenvalue weighted by Gasteiger charge is 2.20. The van der Waals surface area contributed by atoms with Gasteiger partial charge in [0.25, 0.3) is 5.69 Å². The van der Waals surface area contributed by atoms with E-state index in [9.17, 15) is 20.3 Å². The summed E-state index contributed by atoms with van der Waals surface area (Å²) in [5.41, 5.74) is 1.63. The quantitative estimate of drug-likeness (QED) is 0.114. The van der Waals surface area contributed by atoms with Gasteiger partial charge in [-0.25, -0.2) is 0 Å². The molecule has 0 amide bonds. The molecule has 33 heavy (non-hydrogen) atoms. The number of nitrogens with zero attached hydrogens (tertiary/aromatic N) is 2. The van der Waals surface area contributed by atoms with Crippen LogP contribution >= 0.6 is 12.2 Å². The third-order valence-electron chi connectivity index (χ3n) is 5.11. The number of nitrogens with one attached hydrogen (secondary N) is 1. The molecule has 1 aromatic heterocycles. The van der Waals surface area contributed by atoms with E-state index in [1.165, 1.54) is 24.3 Å². The summed E-state index contributed by atoms with van der Waals surface area (Å²) >= 11 is 5.66. The molecule has 0 fully saturated rings. The van der Waals surface area contributed by atoms with Crippen LogP contribution < -0.4 is 15.0 Å². The highest BCUT2D eigenvalue weighted by molar-refractivity contribution is 7.81. The minimum Gasteiger partial charge on any atom is -0.867 e. The van der Waals surface area contributed by atoms with E-state index in [1.54, 1.807) is 29.1 Å². The van der Waals surface area contributed by atoms with Gasteiger partial charge in [0.2, 0.25) is 5.70 Å². The molecule has 0 unspecified atom stereocenters. The van der Waals surface area contributed by atoms with E-state index >= 15 is 0 Å². The van der Waals surface area contributed by atoms with Gasteiger partial charge >= 0.3 is 0 Å². The second-order valence-electron chi connectivity index (χ2n) is 7.24. The SMILES string of the molecule is O=[N+]([O-])c1ccc(/C([O-])=C(/C(=S)Nc2cccc3ccccc23)[n+]2cccc(CO)c2)cc1. The minimum absolute atomic E-state index is 0.112. The van der Waals surface area contributed by atoms with Gasteiger partial charge in [0.1, 0.15) is 0 Å². The summed E-state index contributed by atoms with van der Waals surface area (Å²) in [6, 6.07) is 22.3. The lowest BCUT2D eigenvalue weighted by molar-refractivity contribution is -0.578. The van der Waals surface area contributed by atoms with Gasteiger partial charge in [-0.3, -0.25) is 10.1 Å². The van der Waals surface area contributed by atoms with Gasteiger partial charge in [0, 0.05) is 34.8 Å². The van der Waals surface area contributed by atoms with E-state index in [0.29, 0.717) is 5.56 Å². The number of benzene rings is 3. The average molecular weight is 458 g/mol. The van der Waals surface area contributed by atoms with Crippen molar-refractivity contribution in [2.24, 2.45) is 0 Å². The van der Waals surface area contributed by atoms with Crippen molar-refractivity contribution in [3.8, 4) is 0 Å². The molecule has 0 saturated heterocycles. The first-order valence-corrected chi connectivity index (χ1v) is 10.5. The maximum Gasteiger partial charge on any atom is 0.269 e. The van der Waals surface area contributed by atoms with Crippen molar-refractivity contribution in [2.45, 2.75) is 6.61 Å². The summed E-state index contributed by atoms with van der Waals surface area (Å²) in [7, 11) is 0. The lowest BCUT2D eigenvalue weighted by Crippen LogP contribution is -2.40. The molecule has 0 atom stereocenters. The summed E-state index contributed by atoms with van der Waals surface area (Å²) < 4.78 is 1.55. The number of nitro groups is 1. The fraction of sp³-hybridized carbons (Fsp3) is 0.0400. The smallest absolute Gasteiger partial charge is 0.269 e. The van der Waals surface area contributed by atoms with E-state index in [2.05, 4.69) is 5.32 Å². The lowest BCUT2D eigenvalue weighted by Gasteiger charge is -2.18. The predicted molar refractivity (Wildman–Crippen MR) is 129 cm³/mol. The van der Waals surface area contributed by atoms with Crippen molar-refractivity contribution in [1.82, 2.24) is 0 Å². The molecule has 4 rings (SSSR count). The van der Waals surface area contributed by atoms with Gasteiger partial charge < -0.3 is 15.5 Å². The fourth-order valence-electron chi connectivity index (χ4n) is 3.48. The maximum absolute atomic E-state index is 13.5. The molecule has 7 nitrogen and oxygen atoms in total. The summed E-state index contributed by atoms with van der Waals surface area (Å²) in [6.07, 6.45) is 3.28. The molecule has 0 aliphatic heterocycles. The monoisotopic (exact) mass is 457 g/mol. The Balaban J connectivity index is 1.82. The van der Waals surface area contributed by atoms with Crippen molar-refractivity contribution in [3.05, 3.63) is 112 Å². The number of rotatable bonds is 6. The molecule has 1 heterocycles. The number of fused-ring (bicyclic) bond motifs is 1. The number of aliphatic hydroxyl groups excluding tert-OH is 1. The van der Waals surface area contributed by atoms with E-state index in [1.807, 2.05) is 42.5 Å². The van der Waals surface area contributed by atoms with E-state index in [4.69, 9.17) is 12.2 Å². The molecule has 0 aliphatic rings. The Morgan fingerprint density at radius 3 is 2.45 bits per heavy atom. The molecule has 0 spiro atoms. The zero-order chi connectivity index (χ0) is 23.4. The Bertz CT molecular complexity index is 1380. The first-order chi connectivity index (χ1) is 16.0. The molecule has 4 aromatic rings. The molecule has 3 aromatic carbocycles. The molecule has 0 bridgehead atoms. The summed E-state index contributed by atoms with van der Waals surface area (Å²) in [5, 5.41) is 39.2. The second-order valence-corrected chi connectivity index (χ2v) is 7.65. The first-order valence-electron chi connectivity index (χ1n) is 10.0. The number of aromatic nitrogens is 1. The number of non-ortho nitro benzene ring substituents is 1. The Kier molecular flexibility index (Phi) is 6.39.